The van der Waals surface area contributed by atoms with Crippen molar-refractivity contribution >= 4 is 31.9 Å². The molecule has 2 rings (SSSR count). The standard InChI is InChI=1S/C12H17Br2N5O/c1-18(2)4-5-19-11(9(13)7-16-19)10(17-15)8-3-6-20-12(8)14/h3,6-7,10,17H,4-5,15H2,1-2H3. The maximum atomic E-state index is 5.73. The van der Waals surface area contributed by atoms with Crippen LogP contribution in [0.3, 0.4) is 0 Å². The summed E-state index contributed by atoms with van der Waals surface area (Å²) in [4.78, 5) is 2.11. The Morgan fingerprint density at radius 3 is 2.80 bits per heavy atom. The summed E-state index contributed by atoms with van der Waals surface area (Å²) < 4.78 is 8.80. The molecule has 2 aromatic heterocycles. The van der Waals surface area contributed by atoms with E-state index in [9.17, 15) is 0 Å². The van der Waals surface area contributed by atoms with Crippen molar-refractivity contribution < 1.29 is 4.42 Å². The zero-order valence-electron chi connectivity index (χ0n) is 11.3. The lowest BCUT2D eigenvalue weighted by atomic mass is 10.1. The third kappa shape index (κ3) is 3.32. The Balaban J connectivity index is 2.34. The molecular weight excluding hydrogens is 390 g/mol. The van der Waals surface area contributed by atoms with Gasteiger partial charge in [-0.15, -0.1) is 0 Å². The molecule has 6 nitrogen and oxygen atoms in total. The van der Waals surface area contributed by atoms with Crippen LogP contribution in [0.4, 0.5) is 0 Å². The predicted octanol–water partition coefficient (Wildman–Crippen LogP) is 2.12. The summed E-state index contributed by atoms with van der Waals surface area (Å²) in [6, 6.07) is 1.67. The number of hydrogen-bond acceptors (Lipinski definition) is 5. The number of furan rings is 1. The summed E-state index contributed by atoms with van der Waals surface area (Å²) in [7, 11) is 4.06. The fraction of sp³-hybridized carbons (Fsp3) is 0.417. The van der Waals surface area contributed by atoms with Crippen molar-refractivity contribution in [2.24, 2.45) is 5.84 Å². The van der Waals surface area contributed by atoms with Gasteiger partial charge in [0.1, 0.15) is 0 Å². The lowest BCUT2D eigenvalue weighted by Crippen LogP contribution is -2.32. The first-order valence-corrected chi connectivity index (χ1v) is 7.68. The maximum absolute atomic E-state index is 5.73. The molecule has 0 aromatic carbocycles. The van der Waals surface area contributed by atoms with E-state index in [1.54, 1.807) is 12.5 Å². The van der Waals surface area contributed by atoms with Crippen molar-refractivity contribution in [1.82, 2.24) is 20.1 Å². The monoisotopic (exact) mass is 405 g/mol. The van der Waals surface area contributed by atoms with E-state index in [0.29, 0.717) is 4.67 Å². The molecule has 1 unspecified atom stereocenters. The van der Waals surface area contributed by atoms with E-state index in [4.69, 9.17) is 10.3 Å². The van der Waals surface area contributed by atoms with Crippen LogP contribution >= 0.6 is 31.9 Å². The van der Waals surface area contributed by atoms with E-state index in [2.05, 4.69) is 47.3 Å². The minimum Gasteiger partial charge on any atom is -0.457 e. The number of nitrogens with one attached hydrogen (secondary N) is 1. The normalized spacial score (nSPS) is 13.1. The second-order valence-corrected chi connectivity index (χ2v) is 6.23. The lowest BCUT2D eigenvalue weighted by molar-refractivity contribution is 0.365. The molecule has 8 heteroatoms. The molecule has 110 valence electrons. The molecule has 2 aromatic rings. The molecule has 0 amide bonds. The lowest BCUT2D eigenvalue weighted by Gasteiger charge is -2.19. The number of hydrazine groups is 1. The topological polar surface area (TPSA) is 72.2 Å². The molecule has 1 atom stereocenters. The second-order valence-electron chi connectivity index (χ2n) is 4.65. The Bertz CT molecular complexity index is 566. The molecule has 2 heterocycles. The Labute approximate surface area is 134 Å². The van der Waals surface area contributed by atoms with Crippen LogP contribution in [0.1, 0.15) is 17.3 Å². The summed E-state index contributed by atoms with van der Waals surface area (Å²) in [6.45, 7) is 1.67. The second kappa shape index (κ2) is 6.86. The summed E-state index contributed by atoms with van der Waals surface area (Å²) in [5, 5.41) is 4.40. The summed E-state index contributed by atoms with van der Waals surface area (Å²) >= 11 is 6.93. The van der Waals surface area contributed by atoms with E-state index in [-0.39, 0.29) is 6.04 Å². The van der Waals surface area contributed by atoms with E-state index in [1.165, 1.54) is 0 Å². The first-order chi connectivity index (χ1) is 9.54. The minimum absolute atomic E-state index is 0.206. The van der Waals surface area contributed by atoms with Crippen molar-refractivity contribution in [3.05, 3.63) is 38.9 Å². The quantitative estimate of drug-likeness (QED) is 0.567. The van der Waals surface area contributed by atoms with Gasteiger partial charge >= 0.3 is 0 Å². The molecular formula is C12H17Br2N5O. The number of nitrogens with zero attached hydrogens (tertiary/aromatic N) is 3. The van der Waals surface area contributed by atoms with Crippen LogP contribution in [0, 0.1) is 0 Å². The Hall–Kier alpha value is -0.670. The molecule has 0 saturated heterocycles. The first-order valence-electron chi connectivity index (χ1n) is 6.09. The third-order valence-electron chi connectivity index (χ3n) is 2.99. The zero-order chi connectivity index (χ0) is 14.7. The maximum Gasteiger partial charge on any atom is 0.174 e. The number of halogens is 2. The van der Waals surface area contributed by atoms with E-state index < -0.39 is 0 Å². The van der Waals surface area contributed by atoms with Gasteiger partial charge in [-0.1, -0.05) is 0 Å². The van der Waals surface area contributed by atoms with Crippen molar-refractivity contribution in [2.45, 2.75) is 12.6 Å². The summed E-state index contributed by atoms with van der Waals surface area (Å²) in [5.41, 5.74) is 4.72. The number of hydrogen-bond donors (Lipinski definition) is 2. The van der Waals surface area contributed by atoms with E-state index in [1.807, 2.05) is 24.8 Å². The number of aromatic nitrogens is 2. The predicted molar refractivity (Wildman–Crippen MR) is 84.1 cm³/mol. The molecule has 0 aliphatic rings. The molecule has 0 spiro atoms. The highest BCUT2D eigenvalue weighted by molar-refractivity contribution is 9.10. The van der Waals surface area contributed by atoms with Crippen LogP contribution in [0.25, 0.3) is 0 Å². The zero-order valence-corrected chi connectivity index (χ0v) is 14.5. The molecule has 0 aliphatic carbocycles. The van der Waals surface area contributed by atoms with Crippen LogP contribution < -0.4 is 11.3 Å². The molecule has 0 radical (unpaired) electrons. The molecule has 20 heavy (non-hydrogen) atoms. The highest BCUT2D eigenvalue weighted by Crippen LogP contribution is 2.32. The molecule has 0 fully saturated rings. The number of rotatable bonds is 6. The SMILES string of the molecule is CN(C)CCn1ncc(Br)c1C(NN)c1ccoc1Br. The van der Waals surface area contributed by atoms with E-state index >= 15 is 0 Å². The Morgan fingerprint density at radius 2 is 2.25 bits per heavy atom. The molecule has 3 N–H and O–H groups in total. The average Bonchev–Trinajstić information content (AvgIpc) is 2.97. The van der Waals surface area contributed by atoms with Crippen molar-refractivity contribution in [1.29, 1.82) is 0 Å². The van der Waals surface area contributed by atoms with Gasteiger partial charge in [0, 0.05) is 12.1 Å². The van der Waals surface area contributed by atoms with Crippen LogP contribution in [-0.2, 0) is 6.54 Å². The van der Waals surface area contributed by atoms with Crippen LogP contribution in [0.15, 0.2) is 32.1 Å². The van der Waals surface area contributed by atoms with Gasteiger partial charge in [-0.3, -0.25) is 10.5 Å². The summed E-state index contributed by atoms with van der Waals surface area (Å²) in [5.74, 6) is 5.73. The largest absolute Gasteiger partial charge is 0.457 e. The third-order valence-corrected chi connectivity index (χ3v) is 4.25. The Kier molecular flexibility index (Phi) is 5.39. The molecule has 0 bridgehead atoms. The van der Waals surface area contributed by atoms with Crippen LogP contribution in [0.2, 0.25) is 0 Å². The van der Waals surface area contributed by atoms with Gasteiger partial charge in [-0.25, -0.2) is 5.43 Å². The first kappa shape index (κ1) is 15.7. The van der Waals surface area contributed by atoms with Crippen molar-refractivity contribution in [3.8, 4) is 0 Å². The fourth-order valence-corrected chi connectivity index (χ4v) is 2.95. The van der Waals surface area contributed by atoms with Gasteiger partial charge in [-0.05, 0) is 52.0 Å². The van der Waals surface area contributed by atoms with Gasteiger partial charge in [0.25, 0.3) is 0 Å². The van der Waals surface area contributed by atoms with Gasteiger partial charge in [0.05, 0.1) is 35.2 Å². The number of likely N-dealkylation sites (N-methyl/N-ethyl adjacent to an activating group) is 1. The van der Waals surface area contributed by atoms with Gasteiger partial charge in [0.15, 0.2) is 4.67 Å². The van der Waals surface area contributed by atoms with Crippen molar-refractivity contribution in [3.63, 3.8) is 0 Å². The minimum atomic E-state index is -0.206. The smallest absolute Gasteiger partial charge is 0.174 e. The van der Waals surface area contributed by atoms with Crippen LogP contribution in [-0.4, -0.2) is 35.3 Å². The molecule has 0 saturated carbocycles. The molecule has 0 aliphatic heterocycles. The summed E-state index contributed by atoms with van der Waals surface area (Å²) in [6.07, 6.45) is 3.40. The number of nitrogens with two attached hydrogens (primary N) is 1. The van der Waals surface area contributed by atoms with Crippen LogP contribution in [0.5, 0.6) is 0 Å². The van der Waals surface area contributed by atoms with Gasteiger partial charge in [0.2, 0.25) is 0 Å². The van der Waals surface area contributed by atoms with Crippen molar-refractivity contribution in [2.75, 3.05) is 20.6 Å². The van der Waals surface area contributed by atoms with Gasteiger partial charge in [-0.2, -0.15) is 5.10 Å². The van der Waals surface area contributed by atoms with Gasteiger partial charge < -0.3 is 9.32 Å². The Morgan fingerprint density at radius 1 is 1.50 bits per heavy atom. The highest BCUT2D eigenvalue weighted by atomic mass is 79.9. The fourth-order valence-electron chi connectivity index (χ4n) is 1.96. The highest BCUT2D eigenvalue weighted by Gasteiger charge is 2.24. The van der Waals surface area contributed by atoms with E-state index in [0.717, 1.165) is 28.8 Å². The average molecular weight is 407 g/mol.